The van der Waals surface area contributed by atoms with Crippen molar-refractivity contribution in [3.05, 3.63) is 58.3 Å². The molecular formula is C15H14F2N4O3S. The van der Waals surface area contributed by atoms with E-state index in [1.54, 1.807) is 0 Å². The first kappa shape index (κ1) is 17.1. The van der Waals surface area contributed by atoms with Crippen LogP contribution in [0.1, 0.15) is 12.7 Å². The molecule has 7 nitrogen and oxygen atoms in total. The number of nitrogens with zero attached hydrogens (tertiary/aromatic N) is 3. The van der Waals surface area contributed by atoms with Gasteiger partial charge in [-0.1, -0.05) is 6.92 Å². The third-order valence-electron chi connectivity index (χ3n) is 3.65. The zero-order valence-corrected chi connectivity index (χ0v) is 14.1. The number of hydrogen-bond donors (Lipinski definition) is 1. The Morgan fingerprint density at radius 1 is 1.20 bits per heavy atom. The number of aromatic nitrogens is 3. The summed E-state index contributed by atoms with van der Waals surface area (Å²) in [5, 5.41) is 4.08. The van der Waals surface area contributed by atoms with Crippen molar-refractivity contribution < 1.29 is 17.2 Å². The normalized spacial score (nSPS) is 11.8. The molecule has 0 aliphatic heterocycles. The first-order chi connectivity index (χ1) is 11.7. The van der Waals surface area contributed by atoms with Crippen molar-refractivity contribution in [1.29, 1.82) is 0 Å². The van der Waals surface area contributed by atoms with Crippen molar-refractivity contribution in [2.75, 3.05) is 4.72 Å². The maximum Gasteiger partial charge on any atom is 0.290 e. The van der Waals surface area contributed by atoms with E-state index in [1.165, 1.54) is 23.7 Å². The summed E-state index contributed by atoms with van der Waals surface area (Å²) in [5.74, 6) is -1.75. The van der Waals surface area contributed by atoms with Crippen molar-refractivity contribution in [3.8, 4) is 0 Å². The third kappa shape index (κ3) is 3.00. The molecule has 0 atom stereocenters. The minimum Gasteiger partial charge on any atom is -0.297 e. The van der Waals surface area contributed by atoms with Crippen molar-refractivity contribution in [1.82, 2.24) is 14.2 Å². The second-order valence-corrected chi connectivity index (χ2v) is 7.05. The number of sulfonamides is 1. The summed E-state index contributed by atoms with van der Waals surface area (Å²) in [7, 11) is -2.62. The average Bonchev–Trinajstić information content (AvgIpc) is 3.01. The standard InChI is InChI=1S/C15H14F2N4O3S/c1-3-14-18-20(2)15(22)13-7-10(8-21(13)14)25(23,24)19-9-4-5-11(16)12(17)6-9/h4-8,19H,3H2,1-2H3. The van der Waals surface area contributed by atoms with E-state index < -0.39 is 27.2 Å². The fourth-order valence-corrected chi connectivity index (χ4v) is 3.48. The Kier molecular flexibility index (Phi) is 4.07. The lowest BCUT2D eigenvalue weighted by atomic mass is 10.3. The van der Waals surface area contributed by atoms with Crippen molar-refractivity contribution in [2.24, 2.45) is 7.05 Å². The fourth-order valence-electron chi connectivity index (χ4n) is 2.41. The van der Waals surface area contributed by atoms with Crippen LogP contribution in [0.2, 0.25) is 0 Å². The van der Waals surface area contributed by atoms with Gasteiger partial charge in [0.05, 0.1) is 5.69 Å². The lowest BCUT2D eigenvalue weighted by Crippen LogP contribution is -2.23. The largest absolute Gasteiger partial charge is 0.297 e. The summed E-state index contributed by atoms with van der Waals surface area (Å²) in [5.41, 5.74) is -0.428. The van der Waals surface area contributed by atoms with Gasteiger partial charge in [-0.2, -0.15) is 5.10 Å². The van der Waals surface area contributed by atoms with Crippen LogP contribution in [0.25, 0.3) is 5.52 Å². The maximum atomic E-state index is 13.3. The van der Waals surface area contributed by atoms with Gasteiger partial charge < -0.3 is 0 Å². The van der Waals surface area contributed by atoms with Crippen LogP contribution in [0.5, 0.6) is 0 Å². The van der Waals surface area contributed by atoms with Gasteiger partial charge in [-0.25, -0.2) is 21.9 Å². The molecular weight excluding hydrogens is 354 g/mol. The Morgan fingerprint density at radius 3 is 2.56 bits per heavy atom. The average molecular weight is 368 g/mol. The first-order valence-electron chi connectivity index (χ1n) is 7.29. The van der Waals surface area contributed by atoms with Crippen LogP contribution in [0.4, 0.5) is 14.5 Å². The van der Waals surface area contributed by atoms with Gasteiger partial charge in [0.2, 0.25) is 0 Å². The highest BCUT2D eigenvalue weighted by Gasteiger charge is 2.20. The van der Waals surface area contributed by atoms with Crippen LogP contribution in [-0.2, 0) is 23.5 Å². The zero-order chi connectivity index (χ0) is 18.4. The predicted molar refractivity (Wildman–Crippen MR) is 87.0 cm³/mol. The first-order valence-corrected chi connectivity index (χ1v) is 8.77. The van der Waals surface area contributed by atoms with Crippen LogP contribution in [0.3, 0.4) is 0 Å². The monoisotopic (exact) mass is 368 g/mol. The molecule has 0 amide bonds. The molecule has 0 unspecified atom stereocenters. The molecule has 132 valence electrons. The smallest absolute Gasteiger partial charge is 0.290 e. The summed E-state index contributed by atoms with van der Waals surface area (Å²) in [6, 6.07) is 3.87. The molecule has 2 aromatic heterocycles. The number of anilines is 1. The summed E-state index contributed by atoms with van der Waals surface area (Å²) in [6.45, 7) is 1.82. The molecule has 3 rings (SSSR count). The van der Waals surface area contributed by atoms with E-state index in [2.05, 4.69) is 9.82 Å². The van der Waals surface area contributed by atoms with E-state index in [4.69, 9.17) is 0 Å². The maximum absolute atomic E-state index is 13.3. The molecule has 3 aromatic rings. The highest BCUT2D eigenvalue weighted by atomic mass is 32.2. The molecule has 1 N–H and O–H groups in total. The topological polar surface area (TPSA) is 85.5 Å². The van der Waals surface area contributed by atoms with Gasteiger partial charge >= 0.3 is 0 Å². The Bertz CT molecular complexity index is 1140. The van der Waals surface area contributed by atoms with E-state index in [9.17, 15) is 22.0 Å². The molecule has 0 radical (unpaired) electrons. The molecule has 0 saturated heterocycles. The number of benzene rings is 1. The summed E-state index contributed by atoms with van der Waals surface area (Å²) in [6.07, 6.45) is 1.75. The zero-order valence-electron chi connectivity index (χ0n) is 13.3. The van der Waals surface area contributed by atoms with Gasteiger partial charge in [0.1, 0.15) is 16.2 Å². The SMILES string of the molecule is CCc1nn(C)c(=O)c2cc(S(=O)(=O)Nc3ccc(F)c(F)c3)cn12. The molecule has 10 heteroatoms. The van der Waals surface area contributed by atoms with Gasteiger partial charge in [-0.05, 0) is 18.2 Å². The Balaban J connectivity index is 2.09. The summed E-state index contributed by atoms with van der Waals surface area (Å²) in [4.78, 5) is 12.0. The number of nitrogens with one attached hydrogen (secondary N) is 1. The number of fused-ring (bicyclic) bond motifs is 1. The molecule has 0 aliphatic carbocycles. The summed E-state index contributed by atoms with van der Waals surface area (Å²) >= 11 is 0. The molecule has 0 aliphatic rings. The van der Waals surface area contributed by atoms with E-state index in [1.807, 2.05) is 6.92 Å². The van der Waals surface area contributed by atoms with Crippen LogP contribution in [0.15, 0.2) is 40.2 Å². The number of halogens is 2. The van der Waals surface area contributed by atoms with E-state index >= 15 is 0 Å². The Labute approximate surface area is 141 Å². The van der Waals surface area contributed by atoms with E-state index in [0.717, 1.165) is 22.9 Å². The van der Waals surface area contributed by atoms with Crippen LogP contribution < -0.4 is 10.3 Å². The minimum absolute atomic E-state index is 0.129. The lowest BCUT2D eigenvalue weighted by Gasteiger charge is -2.06. The van der Waals surface area contributed by atoms with E-state index in [0.29, 0.717) is 12.2 Å². The third-order valence-corrected chi connectivity index (χ3v) is 5.00. The summed E-state index contributed by atoms with van der Waals surface area (Å²) < 4.78 is 55.9. The Morgan fingerprint density at radius 2 is 1.92 bits per heavy atom. The fraction of sp³-hybridized carbons (Fsp3) is 0.200. The van der Waals surface area contributed by atoms with Crippen molar-refractivity contribution in [2.45, 2.75) is 18.2 Å². The molecule has 0 saturated carbocycles. The molecule has 1 aromatic carbocycles. The highest BCUT2D eigenvalue weighted by molar-refractivity contribution is 7.92. The van der Waals surface area contributed by atoms with Gasteiger partial charge in [-0.15, -0.1) is 0 Å². The number of hydrogen-bond acceptors (Lipinski definition) is 4. The van der Waals surface area contributed by atoms with Crippen LogP contribution in [0, 0.1) is 11.6 Å². The van der Waals surface area contributed by atoms with E-state index in [-0.39, 0.29) is 16.1 Å². The molecule has 0 fully saturated rings. The lowest BCUT2D eigenvalue weighted by molar-refractivity contribution is 0.509. The molecule has 0 bridgehead atoms. The number of aryl methyl sites for hydroxylation is 2. The van der Waals surface area contributed by atoms with Gasteiger partial charge in [-0.3, -0.25) is 13.9 Å². The molecule has 25 heavy (non-hydrogen) atoms. The second-order valence-electron chi connectivity index (χ2n) is 5.36. The van der Waals surface area contributed by atoms with Gasteiger partial charge in [0, 0.05) is 25.7 Å². The molecule has 0 spiro atoms. The second kappa shape index (κ2) is 5.96. The Hall–Kier alpha value is -2.75. The number of rotatable bonds is 4. The van der Waals surface area contributed by atoms with Gasteiger partial charge in [0.15, 0.2) is 11.6 Å². The predicted octanol–water partition coefficient (Wildman–Crippen LogP) is 1.67. The van der Waals surface area contributed by atoms with Crippen molar-refractivity contribution in [3.63, 3.8) is 0 Å². The van der Waals surface area contributed by atoms with Crippen LogP contribution in [-0.4, -0.2) is 22.6 Å². The quantitative estimate of drug-likeness (QED) is 0.759. The highest BCUT2D eigenvalue weighted by Crippen LogP contribution is 2.20. The van der Waals surface area contributed by atoms with Crippen LogP contribution >= 0.6 is 0 Å². The molecule has 2 heterocycles. The van der Waals surface area contributed by atoms with Crippen molar-refractivity contribution >= 4 is 21.2 Å². The van der Waals surface area contributed by atoms with Gasteiger partial charge in [0.25, 0.3) is 15.6 Å². The minimum atomic E-state index is -4.10.